The SMILES string of the molecule is CC(COc1ccc(Cl)cc1Cl)=NOC(=O)Nc1c(-c2c(Cl)cccc2Cl)noc1C. The van der Waals surface area contributed by atoms with Gasteiger partial charge in [-0.05, 0) is 44.2 Å². The number of hydrogen-bond donors (Lipinski definition) is 1. The molecule has 0 aliphatic rings. The van der Waals surface area contributed by atoms with Crippen LogP contribution < -0.4 is 10.1 Å². The highest BCUT2D eigenvalue weighted by Gasteiger charge is 2.22. The highest BCUT2D eigenvalue weighted by Crippen LogP contribution is 2.39. The number of rotatable bonds is 6. The molecule has 0 aliphatic carbocycles. The second-order valence-electron chi connectivity index (χ2n) is 6.25. The topological polar surface area (TPSA) is 86.0 Å². The average Bonchev–Trinajstić information content (AvgIpc) is 3.06. The fourth-order valence-electron chi connectivity index (χ4n) is 2.46. The molecule has 1 N–H and O–H groups in total. The number of nitrogens with zero attached hydrogens (tertiary/aromatic N) is 2. The number of oxime groups is 1. The van der Waals surface area contributed by atoms with Crippen LogP contribution in [0.2, 0.25) is 20.1 Å². The lowest BCUT2D eigenvalue weighted by molar-refractivity contribution is 0.165. The summed E-state index contributed by atoms with van der Waals surface area (Å²) in [5, 5.41) is 11.8. The Balaban J connectivity index is 1.65. The molecule has 3 rings (SSSR count). The van der Waals surface area contributed by atoms with Crippen molar-refractivity contribution in [2.45, 2.75) is 13.8 Å². The van der Waals surface area contributed by atoms with Crippen LogP contribution in [0.3, 0.4) is 0 Å². The fraction of sp³-hybridized carbons (Fsp3) is 0.150. The third kappa shape index (κ3) is 5.83. The van der Waals surface area contributed by atoms with E-state index in [0.29, 0.717) is 42.9 Å². The molecule has 1 amide bonds. The van der Waals surface area contributed by atoms with Gasteiger partial charge in [0.15, 0.2) is 5.76 Å². The average molecular weight is 503 g/mol. The Morgan fingerprint density at radius 3 is 2.52 bits per heavy atom. The Kier molecular flexibility index (Phi) is 7.67. The van der Waals surface area contributed by atoms with Crippen molar-refractivity contribution in [3.8, 4) is 17.0 Å². The molecule has 1 heterocycles. The van der Waals surface area contributed by atoms with E-state index >= 15 is 0 Å². The monoisotopic (exact) mass is 501 g/mol. The van der Waals surface area contributed by atoms with Crippen molar-refractivity contribution >= 4 is 63.9 Å². The number of carbonyl (C=O) groups is 1. The Hall–Kier alpha value is -2.45. The van der Waals surface area contributed by atoms with E-state index in [-0.39, 0.29) is 18.0 Å². The molecule has 0 fully saturated rings. The van der Waals surface area contributed by atoms with Gasteiger partial charge in [0.25, 0.3) is 0 Å². The van der Waals surface area contributed by atoms with Gasteiger partial charge in [-0.3, -0.25) is 10.2 Å². The summed E-state index contributed by atoms with van der Waals surface area (Å²) in [5.41, 5.74) is 1.34. The first-order valence-corrected chi connectivity index (χ1v) is 10.3. The van der Waals surface area contributed by atoms with Crippen molar-refractivity contribution < 1.29 is 18.9 Å². The maximum atomic E-state index is 12.2. The van der Waals surface area contributed by atoms with Crippen molar-refractivity contribution in [3.05, 3.63) is 62.2 Å². The first-order chi connectivity index (χ1) is 14.8. The molecule has 11 heteroatoms. The zero-order chi connectivity index (χ0) is 22.5. The number of benzene rings is 2. The molecule has 3 aromatic rings. The first-order valence-electron chi connectivity index (χ1n) is 8.76. The van der Waals surface area contributed by atoms with Crippen LogP contribution in [-0.4, -0.2) is 23.6 Å². The molecule has 1 aromatic heterocycles. The number of aromatic nitrogens is 1. The van der Waals surface area contributed by atoms with Crippen molar-refractivity contribution in [2.75, 3.05) is 11.9 Å². The molecule has 7 nitrogen and oxygen atoms in total. The van der Waals surface area contributed by atoms with Crippen molar-refractivity contribution in [3.63, 3.8) is 0 Å². The number of halogens is 4. The third-order valence-corrected chi connectivity index (χ3v) is 5.06. The zero-order valence-electron chi connectivity index (χ0n) is 16.2. The van der Waals surface area contributed by atoms with E-state index < -0.39 is 6.09 Å². The van der Waals surface area contributed by atoms with Gasteiger partial charge in [-0.15, -0.1) is 0 Å². The van der Waals surface area contributed by atoms with E-state index in [4.69, 9.17) is 60.5 Å². The van der Waals surface area contributed by atoms with Crippen LogP contribution in [-0.2, 0) is 4.84 Å². The number of nitrogens with one attached hydrogen (secondary N) is 1. The highest BCUT2D eigenvalue weighted by molar-refractivity contribution is 6.39. The molecule has 0 bridgehead atoms. The largest absolute Gasteiger partial charge is 0.486 e. The van der Waals surface area contributed by atoms with E-state index in [9.17, 15) is 4.79 Å². The van der Waals surface area contributed by atoms with Crippen LogP contribution in [0, 0.1) is 6.92 Å². The number of hydrogen-bond acceptors (Lipinski definition) is 6. The van der Waals surface area contributed by atoms with Crippen molar-refractivity contribution in [1.29, 1.82) is 0 Å². The second-order valence-corrected chi connectivity index (χ2v) is 7.91. The molecular formula is C20H15Cl4N3O4. The first kappa shape index (κ1) is 23.2. The third-order valence-electron chi connectivity index (χ3n) is 3.90. The Bertz CT molecular complexity index is 1130. The summed E-state index contributed by atoms with van der Waals surface area (Å²) >= 11 is 24.3. The second kappa shape index (κ2) is 10.2. The fourth-order valence-corrected chi connectivity index (χ4v) is 3.50. The van der Waals surface area contributed by atoms with Gasteiger partial charge in [-0.1, -0.05) is 62.8 Å². The lowest BCUT2D eigenvalue weighted by Crippen LogP contribution is -2.15. The van der Waals surface area contributed by atoms with Gasteiger partial charge in [0.2, 0.25) is 0 Å². The predicted molar refractivity (Wildman–Crippen MR) is 122 cm³/mol. The van der Waals surface area contributed by atoms with Crippen LogP contribution in [0.4, 0.5) is 10.5 Å². The summed E-state index contributed by atoms with van der Waals surface area (Å²) in [5.74, 6) is 0.760. The van der Waals surface area contributed by atoms with Crippen LogP contribution >= 0.6 is 46.4 Å². The molecule has 0 atom stereocenters. The summed E-state index contributed by atoms with van der Waals surface area (Å²) in [4.78, 5) is 17.1. The summed E-state index contributed by atoms with van der Waals surface area (Å²) in [6.45, 7) is 3.28. The molecule has 0 saturated carbocycles. The molecular weight excluding hydrogens is 488 g/mol. The number of anilines is 1. The van der Waals surface area contributed by atoms with Crippen LogP contribution in [0.25, 0.3) is 11.3 Å². The molecule has 0 radical (unpaired) electrons. The normalized spacial score (nSPS) is 11.4. The van der Waals surface area contributed by atoms with Gasteiger partial charge < -0.3 is 9.26 Å². The number of carbonyl (C=O) groups excluding carboxylic acids is 1. The number of aryl methyl sites for hydroxylation is 1. The van der Waals surface area contributed by atoms with Gasteiger partial charge in [-0.25, -0.2) is 4.79 Å². The lowest BCUT2D eigenvalue weighted by Gasteiger charge is -2.08. The molecule has 0 spiro atoms. The predicted octanol–water partition coefficient (Wildman–Crippen LogP) is 7.27. The zero-order valence-corrected chi connectivity index (χ0v) is 19.2. The Morgan fingerprint density at radius 2 is 1.84 bits per heavy atom. The molecule has 2 aromatic carbocycles. The maximum Gasteiger partial charge on any atom is 0.438 e. The minimum absolute atomic E-state index is 0.0431. The highest BCUT2D eigenvalue weighted by atomic mass is 35.5. The smallest absolute Gasteiger partial charge is 0.438 e. The van der Waals surface area contributed by atoms with E-state index in [1.165, 1.54) is 0 Å². The van der Waals surface area contributed by atoms with E-state index in [1.54, 1.807) is 50.2 Å². The van der Waals surface area contributed by atoms with E-state index in [1.807, 2.05) is 0 Å². The standard InChI is InChI=1S/C20H15Cl4N3O4/c1-10(9-29-16-7-6-12(21)8-15(16)24)26-31-20(28)25-18-11(2)30-27-19(18)17-13(22)4-3-5-14(17)23/h3-8H,9H2,1-2H3,(H,25,28). The lowest BCUT2D eigenvalue weighted by atomic mass is 10.1. The molecule has 162 valence electrons. The van der Waals surface area contributed by atoms with Crippen molar-refractivity contribution in [2.24, 2.45) is 5.16 Å². The van der Waals surface area contributed by atoms with Gasteiger partial charge in [0.05, 0.1) is 20.8 Å². The summed E-state index contributed by atoms with van der Waals surface area (Å²) < 4.78 is 10.7. The molecule has 0 unspecified atom stereocenters. The molecule has 31 heavy (non-hydrogen) atoms. The number of amides is 1. The molecule has 0 aliphatic heterocycles. The van der Waals surface area contributed by atoms with Gasteiger partial charge in [0.1, 0.15) is 23.7 Å². The summed E-state index contributed by atoms with van der Waals surface area (Å²) in [6.07, 6.45) is -0.861. The van der Waals surface area contributed by atoms with Crippen LogP contribution in [0.1, 0.15) is 12.7 Å². The minimum Gasteiger partial charge on any atom is -0.486 e. The molecule has 0 saturated heterocycles. The maximum absolute atomic E-state index is 12.2. The van der Waals surface area contributed by atoms with Crippen molar-refractivity contribution in [1.82, 2.24) is 5.16 Å². The quantitative estimate of drug-likeness (QED) is 0.217. The van der Waals surface area contributed by atoms with E-state index in [2.05, 4.69) is 15.6 Å². The van der Waals surface area contributed by atoms with Crippen LogP contribution in [0.5, 0.6) is 5.75 Å². The summed E-state index contributed by atoms with van der Waals surface area (Å²) in [6, 6.07) is 9.81. The van der Waals surface area contributed by atoms with Gasteiger partial charge in [-0.2, -0.15) is 0 Å². The van der Waals surface area contributed by atoms with Crippen LogP contribution in [0.15, 0.2) is 46.1 Å². The van der Waals surface area contributed by atoms with Gasteiger partial charge in [0, 0.05) is 10.6 Å². The Morgan fingerprint density at radius 1 is 1.13 bits per heavy atom. The summed E-state index contributed by atoms with van der Waals surface area (Å²) in [7, 11) is 0. The van der Waals surface area contributed by atoms with Gasteiger partial charge >= 0.3 is 6.09 Å². The van der Waals surface area contributed by atoms with E-state index in [0.717, 1.165) is 0 Å². The number of ether oxygens (including phenoxy) is 1. The minimum atomic E-state index is -0.861. The Labute approximate surface area is 197 Å².